The number of aromatic nitrogens is 1. The number of nitrogens with zero attached hydrogens (tertiary/aromatic N) is 2. The minimum atomic E-state index is -3.79. The Hall–Kier alpha value is -2.48. The molecule has 1 saturated heterocycles. The molecular weight excluding hydrogens is 366 g/mol. The molecule has 1 fully saturated rings. The highest BCUT2D eigenvalue weighted by molar-refractivity contribution is 7.92. The Balaban J connectivity index is 1.73. The van der Waals surface area contributed by atoms with E-state index < -0.39 is 16.0 Å². The number of nitrogens with one attached hydrogen (secondary N) is 1. The van der Waals surface area contributed by atoms with Crippen molar-refractivity contribution in [3.63, 3.8) is 0 Å². The van der Waals surface area contributed by atoms with E-state index >= 15 is 0 Å². The van der Waals surface area contributed by atoms with Crippen molar-refractivity contribution in [1.29, 1.82) is 0 Å². The van der Waals surface area contributed by atoms with Crippen LogP contribution in [0.3, 0.4) is 0 Å². The lowest BCUT2D eigenvalue weighted by atomic mass is 9.99. The van der Waals surface area contributed by atoms with Gasteiger partial charge >= 0.3 is 5.97 Å². The molecule has 0 aliphatic carbocycles. The first-order valence-corrected chi connectivity index (χ1v) is 10.4. The number of anilines is 2. The molecule has 8 heteroatoms. The van der Waals surface area contributed by atoms with E-state index in [1.165, 1.54) is 36.8 Å². The molecule has 1 aliphatic rings. The third kappa shape index (κ3) is 4.27. The molecule has 0 unspecified atom stereocenters. The quantitative estimate of drug-likeness (QED) is 0.793. The van der Waals surface area contributed by atoms with E-state index in [1.54, 1.807) is 19.2 Å². The zero-order chi connectivity index (χ0) is 19.6. The van der Waals surface area contributed by atoms with Crippen LogP contribution in [0.1, 0.15) is 30.3 Å². The summed E-state index contributed by atoms with van der Waals surface area (Å²) in [4.78, 5) is 14.0. The number of carbonyl (C=O) groups excluding carboxylic acids is 1. The SMILES string of the molecule is COC(=O)c1cc(S(=O)(=O)Nc2ccc(N3CCC(C)CC3)cc2)cn1C. The van der Waals surface area contributed by atoms with E-state index in [1.807, 2.05) is 12.1 Å². The van der Waals surface area contributed by atoms with Crippen LogP contribution in [-0.4, -0.2) is 39.2 Å². The Kier molecular flexibility index (Phi) is 5.46. The van der Waals surface area contributed by atoms with Crippen molar-refractivity contribution in [1.82, 2.24) is 4.57 Å². The minimum absolute atomic E-state index is 0.0134. The maximum Gasteiger partial charge on any atom is 0.354 e. The van der Waals surface area contributed by atoms with Gasteiger partial charge in [-0.3, -0.25) is 4.72 Å². The van der Waals surface area contributed by atoms with Gasteiger partial charge in [0, 0.05) is 37.7 Å². The first kappa shape index (κ1) is 19.3. The van der Waals surface area contributed by atoms with E-state index in [9.17, 15) is 13.2 Å². The van der Waals surface area contributed by atoms with Crippen LogP contribution in [0, 0.1) is 5.92 Å². The molecule has 1 aromatic heterocycles. The zero-order valence-corrected chi connectivity index (χ0v) is 16.6. The Morgan fingerprint density at radius 2 is 1.81 bits per heavy atom. The van der Waals surface area contributed by atoms with Gasteiger partial charge in [0.2, 0.25) is 0 Å². The molecule has 1 aromatic carbocycles. The molecule has 2 heterocycles. The van der Waals surface area contributed by atoms with Crippen molar-refractivity contribution >= 4 is 27.4 Å². The van der Waals surface area contributed by atoms with E-state index in [2.05, 4.69) is 21.3 Å². The van der Waals surface area contributed by atoms with Gasteiger partial charge in [0.1, 0.15) is 10.6 Å². The summed E-state index contributed by atoms with van der Waals surface area (Å²) in [6.07, 6.45) is 3.73. The molecule has 1 N–H and O–H groups in total. The molecule has 0 spiro atoms. The lowest BCUT2D eigenvalue weighted by molar-refractivity contribution is 0.0590. The third-order valence-corrected chi connectivity index (χ3v) is 6.30. The number of ether oxygens (including phenoxy) is 1. The Labute approximate surface area is 160 Å². The average molecular weight is 391 g/mol. The maximum absolute atomic E-state index is 12.6. The molecule has 3 rings (SSSR count). The number of aryl methyl sites for hydroxylation is 1. The van der Waals surface area contributed by atoms with Gasteiger partial charge in [0.25, 0.3) is 10.0 Å². The number of rotatable bonds is 5. The lowest BCUT2D eigenvalue weighted by Crippen LogP contribution is -2.32. The van der Waals surface area contributed by atoms with Gasteiger partial charge in [0.05, 0.1) is 7.11 Å². The largest absolute Gasteiger partial charge is 0.464 e. The number of esters is 1. The summed E-state index contributed by atoms with van der Waals surface area (Å²) in [6, 6.07) is 8.68. The van der Waals surface area contributed by atoms with Gasteiger partial charge in [-0.15, -0.1) is 0 Å². The molecule has 0 atom stereocenters. The van der Waals surface area contributed by atoms with Crippen molar-refractivity contribution < 1.29 is 17.9 Å². The predicted octanol–water partition coefficient (Wildman–Crippen LogP) is 2.85. The summed E-state index contributed by atoms with van der Waals surface area (Å²) in [5, 5.41) is 0. The van der Waals surface area contributed by atoms with Crippen molar-refractivity contribution in [2.24, 2.45) is 13.0 Å². The molecule has 0 saturated carbocycles. The monoisotopic (exact) mass is 391 g/mol. The molecule has 0 bridgehead atoms. The summed E-state index contributed by atoms with van der Waals surface area (Å²) >= 11 is 0. The average Bonchev–Trinajstić information content (AvgIpc) is 3.05. The van der Waals surface area contributed by atoms with Gasteiger partial charge in [-0.1, -0.05) is 6.92 Å². The molecule has 0 amide bonds. The number of methoxy groups -OCH3 is 1. The number of piperidine rings is 1. The van der Waals surface area contributed by atoms with Crippen LogP contribution in [0.4, 0.5) is 11.4 Å². The summed E-state index contributed by atoms with van der Waals surface area (Å²) in [5.41, 5.74) is 1.75. The standard InChI is InChI=1S/C19H25N3O4S/c1-14-8-10-22(11-9-14)16-6-4-15(5-7-16)20-27(24,25)17-12-18(19(23)26-3)21(2)13-17/h4-7,12-14,20H,8-11H2,1-3H3. The fourth-order valence-corrected chi connectivity index (χ4v) is 4.34. The smallest absolute Gasteiger partial charge is 0.354 e. The van der Waals surface area contributed by atoms with Crippen molar-refractivity contribution in [2.75, 3.05) is 29.8 Å². The minimum Gasteiger partial charge on any atom is -0.464 e. The number of hydrogen-bond acceptors (Lipinski definition) is 5. The van der Waals surface area contributed by atoms with Crippen LogP contribution in [0.5, 0.6) is 0 Å². The molecule has 7 nitrogen and oxygen atoms in total. The van der Waals surface area contributed by atoms with E-state index in [0.29, 0.717) is 5.69 Å². The van der Waals surface area contributed by atoms with Gasteiger partial charge in [0.15, 0.2) is 0 Å². The van der Waals surface area contributed by atoms with Crippen LogP contribution < -0.4 is 9.62 Å². The number of hydrogen-bond donors (Lipinski definition) is 1. The Morgan fingerprint density at radius 3 is 2.41 bits per heavy atom. The van der Waals surface area contributed by atoms with Gasteiger partial charge in [-0.05, 0) is 49.1 Å². The van der Waals surface area contributed by atoms with Crippen LogP contribution in [0.2, 0.25) is 0 Å². The van der Waals surface area contributed by atoms with Crippen molar-refractivity contribution in [3.8, 4) is 0 Å². The third-order valence-electron chi connectivity index (χ3n) is 4.95. The van der Waals surface area contributed by atoms with Gasteiger partial charge in [-0.25, -0.2) is 13.2 Å². The first-order chi connectivity index (χ1) is 12.8. The van der Waals surface area contributed by atoms with Crippen LogP contribution in [-0.2, 0) is 21.8 Å². The van der Waals surface area contributed by atoms with Crippen molar-refractivity contribution in [2.45, 2.75) is 24.7 Å². The van der Waals surface area contributed by atoms with Gasteiger partial charge in [-0.2, -0.15) is 0 Å². The van der Waals surface area contributed by atoms with Crippen LogP contribution >= 0.6 is 0 Å². The molecule has 2 aromatic rings. The second-order valence-corrected chi connectivity index (χ2v) is 8.67. The number of benzene rings is 1. The van der Waals surface area contributed by atoms with Crippen LogP contribution in [0.25, 0.3) is 0 Å². The van der Waals surface area contributed by atoms with E-state index in [0.717, 1.165) is 24.7 Å². The summed E-state index contributed by atoms with van der Waals surface area (Å²) in [7, 11) is -0.941. The second kappa shape index (κ2) is 7.64. The summed E-state index contributed by atoms with van der Waals surface area (Å²) < 4.78 is 33.9. The topological polar surface area (TPSA) is 80.6 Å². The fraction of sp³-hybridized carbons (Fsp3) is 0.421. The number of sulfonamides is 1. The Morgan fingerprint density at radius 1 is 1.19 bits per heavy atom. The first-order valence-electron chi connectivity index (χ1n) is 8.92. The van der Waals surface area contributed by atoms with Crippen molar-refractivity contribution in [3.05, 3.63) is 42.2 Å². The predicted molar refractivity (Wildman–Crippen MR) is 105 cm³/mol. The number of carbonyl (C=O) groups is 1. The molecular formula is C19H25N3O4S. The normalized spacial score (nSPS) is 15.6. The highest BCUT2D eigenvalue weighted by atomic mass is 32.2. The molecule has 27 heavy (non-hydrogen) atoms. The van der Waals surface area contributed by atoms with Gasteiger partial charge < -0.3 is 14.2 Å². The van der Waals surface area contributed by atoms with E-state index in [-0.39, 0.29) is 10.6 Å². The molecule has 1 aliphatic heterocycles. The van der Waals surface area contributed by atoms with Crippen LogP contribution in [0.15, 0.2) is 41.4 Å². The lowest BCUT2D eigenvalue weighted by Gasteiger charge is -2.32. The van der Waals surface area contributed by atoms with E-state index in [4.69, 9.17) is 0 Å². The summed E-state index contributed by atoms with van der Waals surface area (Å²) in [5.74, 6) is 0.173. The highest BCUT2D eigenvalue weighted by Crippen LogP contribution is 2.25. The molecule has 146 valence electrons. The fourth-order valence-electron chi connectivity index (χ4n) is 3.21. The summed E-state index contributed by atoms with van der Waals surface area (Å²) in [6.45, 7) is 4.31. The maximum atomic E-state index is 12.6. The second-order valence-electron chi connectivity index (χ2n) is 6.99. The zero-order valence-electron chi connectivity index (χ0n) is 15.8. The highest BCUT2D eigenvalue weighted by Gasteiger charge is 2.21. The molecule has 0 radical (unpaired) electrons. The Bertz CT molecular complexity index is 911.